The summed E-state index contributed by atoms with van der Waals surface area (Å²) >= 11 is 0. The molecule has 4 nitrogen and oxygen atoms in total. The molecule has 0 radical (unpaired) electrons. The predicted molar refractivity (Wildman–Crippen MR) is 87.1 cm³/mol. The zero-order valence-electron chi connectivity index (χ0n) is 12.7. The van der Waals surface area contributed by atoms with E-state index in [9.17, 15) is 4.79 Å². The van der Waals surface area contributed by atoms with Gasteiger partial charge in [0.25, 0.3) is 0 Å². The Bertz CT molecular complexity index is 448. The summed E-state index contributed by atoms with van der Waals surface area (Å²) < 4.78 is 5.71. The first-order valence-electron chi connectivity index (χ1n) is 7.35. The molecule has 1 fully saturated rings. The van der Waals surface area contributed by atoms with Crippen LogP contribution in [-0.2, 0) is 4.79 Å². The molecule has 2 atom stereocenters. The molecule has 1 aromatic carbocycles. The Morgan fingerprint density at radius 1 is 1.52 bits per heavy atom. The third-order valence-corrected chi connectivity index (χ3v) is 3.55. The number of carbonyl (C=O) groups excluding carboxylic acids is 1. The Balaban J connectivity index is 0.00000220. The summed E-state index contributed by atoms with van der Waals surface area (Å²) in [6.07, 6.45) is 2.05. The minimum atomic E-state index is 0. The van der Waals surface area contributed by atoms with Gasteiger partial charge in [-0.3, -0.25) is 4.79 Å². The van der Waals surface area contributed by atoms with Crippen LogP contribution in [0.1, 0.15) is 25.3 Å². The van der Waals surface area contributed by atoms with Crippen LogP contribution in [0.25, 0.3) is 0 Å². The van der Waals surface area contributed by atoms with Crippen molar-refractivity contribution in [3.05, 3.63) is 29.8 Å². The van der Waals surface area contributed by atoms with E-state index in [4.69, 9.17) is 4.74 Å². The van der Waals surface area contributed by atoms with E-state index in [0.717, 1.165) is 31.7 Å². The van der Waals surface area contributed by atoms with Crippen molar-refractivity contribution < 1.29 is 9.53 Å². The summed E-state index contributed by atoms with van der Waals surface area (Å²) in [5.41, 5.74) is 1.17. The number of amides is 1. The molecular weight excluding hydrogens is 288 g/mol. The molecule has 2 unspecified atom stereocenters. The van der Waals surface area contributed by atoms with Crippen LogP contribution in [0.4, 0.5) is 0 Å². The van der Waals surface area contributed by atoms with Gasteiger partial charge in [-0.2, -0.15) is 0 Å². The highest BCUT2D eigenvalue weighted by atomic mass is 35.5. The van der Waals surface area contributed by atoms with Crippen LogP contribution in [0.15, 0.2) is 24.3 Å². The summed E-state index contributed by atoms with van der Waals surface area (Å²) in [4.78, 5) is 12.1. The Morgan fingerprint density at radius 2 is 2.33 bits per heavy atom. The molecule has 0 aliphatic carbocycles. The number of carbonyl (C=O) groups is 1. The molecule has 2 N–H and O–H groups in total. The number of ether oxygens (including phenoxy) is 1. The minimum Gasteiger partial charge on any atom is -0.491 e. The largest absolute Gasteiger partial charge is 0.491 e. The van der Waals surface area contributed by atoms with E-state index in [2.05, 4.69) is 10.6 Å². The molecule has 1 amide bonds. The van der Waals surface area contributed by atoms with Crippen LogP contribution in [0.3, 0.4) is 0 Å². The molecule has 0 saturated carbocycles. The lowest BCUT2D eigenvalue weighted by Gasteiger charge is -2.24. The van der Waals surface area contributed by atoms with Gasteiger partial charge in [-0.15, -0.1) is 12.4 Å². The van der Waals surface area contributed by atoms with Gasteiger partial charge in [0.15, 0.2) is 0 Å². The van der Waals surface area contributed by atoms with Crippen molar-refractivity contribution in [1.82, 2.24) is 10.6 Å². The molecule has 1 aliphatic heterocycles. The topological polar surface area (TPSA) is 50.4 Å². The highest BCUT2D eigenvalue weighted by molar-refractivity contribution is 5.85. The maximum Gasteiger partial charge on any atom is 0.224 e. The van der Waals surface area contributed by atoms with Gasteiger partial charge in [-0.25, -0.2) is 0 Å². The van der Waals surface area contributed by atoms with Crippen LogP contribution in [0, 0.1) is 12.8 Å². The van der Waals surface area contributed by atoms with Crippen molar-refractivity contribution in [3.8, 4) is 5.75 Å². The fraction of sp³-hybridized carbons (Fsp3) is 0.562. The normalized spacial score (nSPS) is 19.2. The first kappa shape index (κ1) is 17.8. The van der Waals surface area contributed by atoms with E-state index < -0.39 is 0 Å². The Labute approximate surface area is 133 Å². The highest BCUT2D eigenvalue weighted by Gasteiger charge is 2.21. The number of benzene rings is 1. The molecule has 2 rings (SSSR count). The third-order valence-electron chi connectivity index (χ3n) is 3.55. The van der Waals surface area contributed by atoms with Gasteiger partial charge >= 0.3 is 0 Å². The maximum atomic E-state index is 12.1. The smallest absolute Gasteiger partial charge is 0.224 e. The first-order valence-corrected chi connectivity index (χ1v) is 7.35. The lowest BCUT2D eigenvalue weighted by atomic mass is 9.98. The molecule has 0 bridgehead atoms. The fourth-order valence-corrected chi connectivity index (χ4v) is 2.40. The SMILES string of the molecule is Cc1cccc(OCC(C)NC(=O)C2CCCNC2)c1.Cl. The Morgan fingerprint density at radius 3 is 3.00 bits per heavy atom. The highest BCUT2D eigenvalue weighted by Crippen LogP contribution is 2.13. The summed E-state index contributed by atoms with van der Waals surface area (Å²) in [6, 6.07) is 7.96. The van der Waals surface area contributed by atoms with Crippen molar-refractivity contribution in [2.24, 2.45) is 5.92 Å². The van der Waals surface area contributed by atoms with Crippen LogP contribution in [0.5, 0.6) is 5.75 Å². The second kappa shape index (κ2) is 8.90. The summed E-state index contributed by atoms with van der Waals surface area (Å²) in [7, 11) is 0. The number of nitrogens with one attached hydrogen (secondary N) is 2. The van der Waals surface area contributed by atoms with E-state index >= 15 is 0 Å². The minimum absolute atomic E-state index is 0. The average Bonchev–Trinajstić information content (AvgIpc) is 2.46. The molecule has 0 aromatic heterocycles. The molecule has 5 heteroatoms. The van der Waals surface area contributed by atoms with E-state index in [1.807, 2.05) is 38.1 Å². The number of piperidine rings is 1. The van der Waals surface area contributed by atoms with E-state index in [1.165, 1.54) is 5.56 Å². The van der Waals surface area contributed by atoms with Crippen molar-refractivity contribution in [2.45, 2.75) is 32.7 Å². The lowest BCUT2D eigenvalue weighted by molar-refractivity contribution is -0.126. The summed E-state index contributed by atoms with van der Waals surface area (Å²) in [5, 5.41) is 6.29. The molecular formula is C16H25ClN2O2. The number of aryl methyl sites for hydroxylation is 1. The molecule has 21 heavy (non-hydrogen) atoms. The van der Waals surface area contributed by atoms with Gasteiger partial charge in [0.2, 0.25) is 5.91 Å². The lowest BCUT2D eigenvalue weighted by Crippen LogP contribution is -2.45. The van der Waals surface area contributed by atoms with Gasteiger partial charge in [0, 0.05) is 6.54 Å². The van der Waals surface area contributed by atoms with Crippen LogP contribution in [-0.4, -0.2) is 31.6 Å². The van der Waals surface area contributed by atoms with Gasteiger partial charge in [0.05, 0.1) is 12.0 Å². The first-order chi connectivity index (χ1) is 9.65. The van der Waals surface area contributed by atoms with Crippen LogP contribution in [0.2, 0.25) is 0 Å². The summed E-state index contributed by atoms with van der Waals surface area (Å²) in [6.45, 7) is 6.32. The second-order valence-electron chi connectivity index (χ2n) is 5.58. The van der Waals surface area contributed by atoms with Crippen molar-refractivity contribution >= 4 is 18.3 Å². The van der Waals surface area contributed by atoms with Crippen molar-refractivity contribution in [3.63, 3.8) is 0 Å². The van der Waals surface area contributed by atoms with Crippen LogP contribution < -0.4 is 15.4 Å². The van der Waals surface area contributed by atoms with Gasteiger partial charge in [-0.1, -0.05) is 12.1 Å². The van der Waals surface area contributed by atoms with Gasteiger partial charge in [0.1, 0.15) is 12.4 Å². The van der Waals surface area contributed by atoms with Crippen molar-refractivity contribution in [2.75, 3.05) is 19.7 Å². The quantitative estimate of drug-likeness (QED) is 0.877. The van der Waals surface area contributed by atoms with E-state index in [1.54, 1.807) is 0 Å². The maximum absolute atomic E-state index is 12.1. The second-order valence-corrected chi connectivity index (χ2v) is 5.58. The van der Waals surface area contributed by atoms with Crippen molar-refractivity contribution in [1.29, 1.82) is 0 Å². The van der Waals surface area contributed by atoms with Gasteiger partial charge in [-0.05, 0) is 50.9 Å². The monoisotopic (exact) mass is 312 g/mol. The zero-order chi connectivity index (χ0) is 14.4. The fourth-order valence-electron chi connectivity index (χ4n) is 2.40. The Hall–Kier alpha value is -1.26. The number of hydrogen-bond donors (Lipinski definition) is 2. The zero-order valence-corrected chi connectivity index (χ0v) is 13.5. The third kappa shape index (κ3) is 5.94. The molecule has 1 aliphatic rings. The average molecular weight is 313 g/mol. The van der Waals surface area contributed by atoms with E-state index in [0.29, 0.717) is 6.61 Å². The molecule has 1 aromatic rings. The van der Waals surface area contributed by atoms with Gasteiger partial charge < -0.3 is 15.4 Å². The van der Waals surface area contributed by atoms with E-state index in [-0.39, 0.29) is 30.3 Å². The molecule has 1 heterocycles. The molecule has 118 valence electrons. The molecule has 0 spiro atoms. The summed E-state index contributed by atoms with van der Waals surface area (Å²) in [5.74, 6) is 1.09. The Kier molecular flexibility index (Phi) is 7.54. The standard InChI is InChI=1S/C16H24N2O2.ClH/c1-12-5-3-7-15(9-12)20-11-13(2)18-16(19)14-6-4-8-17-10-14;/h3,5,7,9,13-14,17H,4,6,8,10-11H2,1-2H3,(H,18,19);1H. The molecule has 1 saturated heterocycles. The number of hydrogen-bond acceptors (Lipinski definition) is 3. The predicted octanol–water partition coefficient (Wildman–Crippen LogP) is 2.30. The number of halogens is 1. The van der Waals surface area contributed by atoms with Crippen LogP contribution >= 0.6 is 12.4 Å². The number of rotatable bonds is 5.